The molecule has 0 N–H and O–H groups in total. The Balaban J connectivity index is 4.83. The van der Waals surface area contributed by atoms with E-state index in [1.807, 2.05) is 0 Å². The van der Waals surface area contributed by atoms with E-state index < -0.39 is 20.2 Å². The van der Waals surface area contributed by atoms with Crippen LogP contribution < -0.4 is 0 Å². The van der Waals surface area contributed by atoms with Crippen molar-refractivity contribution in [2.45, 2.75) is 13.8 Å². The summed E-state index contributed by atoms with van der Waals surface area (Å²) in [6.07, 6.45) is 0.670. The molecular weight excluding hydrogens is 204 g/mol. The van der Waals surface area contributed by atoms with E-state index in [-0.39, 0.29) is 0 Å². The van der Waals surface area contributed by atoms with Crippen molar-refractivity contribution < 1.29 is 20.5 Å². The fraction of sp³-hybridized carbons (Fsp3) is 0.600. The molecule has 0 aromatic heterocycles. The molecule has 0 radical (unpaired) electrons. The van der Waals surface area contributed by atoms with Crippen molar-refractivity contribution in [2.75, 3.05) is 6.26 Å². The average molecular weight is 214 g/mol. The number of hydrogen-bond donors (Lipinski definition) is 0. The maximum absolute atomic E-state index is 10.8. The van der Waals surface area contributed by atoms with E-state index in [0.717, 1.165) is 5.41 Å². The van der Waals surface area contributed by atoms with E-state index in [0.29, 0.717) is 11.8 Å². The lowest BCUT2D eigenvalue weighted by molar-refractivity contribution is 0.473. The first kappa shape index (κ1) is 11.6. The fourth-order valence-corrected chi connectivity index (χ4v) is 2.59. The maximum atomic E-state index is 10.8. The van der Waals surface area contributed by atoms with Crippen molar-refractivity contribution in [2.24, 2.45) is 0 Å². The zero-order valence-corrected chi connectivity index (χ0v) is 8.57. The van der Waals surface area contributed by atoms with Gasteiger partial charge in [0.05, 0.1) is 11.7 Å². The lowest BCUT2D eigenvalue weighted by Crippen LogP contribution is -2.09. The Labute approximate surface area is 72.3 Å². The number of hydrogen-bond acceptors (Lipinski definition) is 5. The normalized spacial score (nSPS) is 12.6. The zero-order chi connectivity index (χ0) is 9.99. The van der Waals surface area contributed by atoms with E-state index in [1.165, 1.54) is 13.8 Å². The molecule has 0 aromatic rings. The Bertz CT molecular complexity index is 368. The molecule has 0 saturated heterocycles. The van der Waals surface area contributed by atoms with Crippen LogP contribution in [0.15, 0.2) is 11.0 Å². The lowest BCUT2D eigenvalue weighted by atomic mass is 10.4. The predicted molar refractivity (Wildman–Crippen MR) is 44.3 cm³/mol. The molecule has 0 fully saturated rings. The van der Waals surface area contributed by atoms with E-state index in [9.17, 15) is 16.8 Å². The van der Waals surface area contributed by atoms with Gasteiger partial charge in [-0.2, -0.15) is 16.8 Å². The van der Waals surface area contributed by atoms with Crippen LogP contribution in [0.3, 0.4) is 0 Å². The van der Waals surface area contributed by atoms with E-state index in [2.05, 4.69) is 3.63 Å². The first-order valence-corrected chi connectivity index (χ1v) is 6.22. The van der Waals surface area contributed by atoms with Crippen molar-refractivity contribution >= 4 is 20.2 Å². The molecule has 0 unspecified atom stereocenters. The fourth-order valence-electron chi connectivity index (χ4n) is 0.481. The molecular formula is C5H10O5S2. The Morgan fingerprint density at radius 2 is 1.58 bits per heavy atom. The summed E-state index contributed by atoms with van der Waals surface area (Å²) in [6.45, 7) is 3.03. The standard InChI is InChI=1S/C5H10O5S2/c1-5(2)4-12(8,9)10-11(3,6)7/h4H,1-3H3. The molecule has 12 heavy (non-hydrogen) atoms. The third-order valence-electron chi connectivity index (χ3n) is 0.598. The molecule has 0 aliphatic heterocycles. The van der Waals surface area contributed by atoms with Gasteiger partial charge in [-0.05, 0) is 13.8 Å². The van der Waals surface area contributed by atoms with Crippen LogP contribution in [-0.2, 0) is 23.9 Å². The van der Waals surface area contributed by atoms with Crippen LogP contribution in [0, 0.1) is 0 Å². The summed E-state index contributed by atoms with van der Waals surface area (Å²) in [6, 6.07) is 0. The van der Waals surface area contributed by atoms with Gasteiger partial charge >= 0.3 is 10.1 Å². The third-order valence-corrected chi connectivity index (χ3v) is 3.11. The number of rotatable bonds is 3. The van der Waals surface area contributed by atoms with E-state index in [1.54, 1.807) is 0 Å². The van der Waals surface area contributed by atoms with Crippen LogP contribution in [0.1, 0.15) is 13.8 Å². The van der Waals surface area contributed by atoms with Gasteiger partial charge in [-0.3, -0.25) is 0 Å². The van der Waals surface area contributed by atoms with Crippen LogP contribution in [0.25, 0.3) is 0 Å². The summed E-state index contributed by atoms with van der Waals surface area (Å²) in [7, 11) is -8.05. The summed E-state index contributed by atoms with van der Waals surface area (Å²) in [5.41, 5.74) is 0.443. The molecule has 0 amide bonds. The SMILES string of the molecule is CC(C)=CS(=O)(=O)OS(C)(=O)=O. The zero-order valence-electron chi connectivity index (χ0n) is 6.94. The highest BCUT2D eigenvalue weighted by Gasteiger charge is 2.14. The Morgan fingerprint density at radius 1 is 1.17 bits per heavy atom. The van der Waals surface area contributed by atoms with Gasteiger partial charge in [0.2, 0.25) is 0 Å². The molecule has 0 bridgehead atoms. The summed E-state index contributed by atoms with van der Waals surface area (Å²) < 4.78 is 46.2. The predicted octanol–water partition coefficient (Wildman–Crippen LogP) is 0.216. The molecule has 5 nitrogen and oxygen atoms in total. The minimum absolute atomic E-state index is 0.443. The summed E-state index contributed by atoms with van der Waals surface area (Å²) in [5, 5.41) is 0.744. The van der Waals surface area contributed by atoms with Crippen molar-refractivity contribution in [1.82, 2.24) is 0 Å². The largest absolute Gasteiger partial charge is 0.304 e. The minimum Gasteiger partial charge on any atom is -0.199 e. The molecule has 0 atom stereocenters. The quantitative estimate of drug-likeness (QED) is 0.671. The molecule has 0 aliphatic rings. The molecule has 0 aromatic carbocycles. The highest BCUT2D eigenvalue weighted by Crippen LogP contribution is 2.03. The van der Waals surface area contributed by atoms with E-state index >= 15 is 0 Å². The van der Waals surface area contributed by atoms with Gasteiger partial charge in [0.25, 0.3) is 10.1 Å². The van der Waals surface area contributed by atoms with Gasteiger partial charge in [-0.25, -0.2) is 0 Å². The highest BCUT2D eigenvalue weighted by molar-refractivity contribution is 8.01. The first-order valence-electron chi connectivity index (χ1n) is 2.93. The van der Waals surface area contributed by atoms with Crippen molar-refractivity contribution in [1.29, 1.82) is 0 Å². The Kier molecular flexibility index (Phi) is 3.43. The van der Waals surface area contributed by atoms with Crippen LogP contribution in [0.4, 0.5) is 0 Å². The third kappa shape index (κ3) is 6.32. The summed E-state index contributed by atoms with van der Waals surface area (Å²) in [5.74, 6) is 0. The molecule has 0 rings (SSSR count). The van der Waals surface area contributed by atoms with Crippen molar-refractivity contribution in [3.63, 3.8) is 0 Å². The molecule has 0 saturated carbocycles. The van der Waals surface area contributed by atoms with Gasteiger partial charge in [0, 0.05) is 0 Å². The van der Waals surface area contributed by atoms with Gasteiger partial charge in [-0.15, -0.1) is 3.63 Å². The van der Waals surface area contributed by atoms with Crippen LogP contribution in [-0.4, -0.2) is 23.1 Å². The number of allylic oxidation sites excluding steroid dienone is 1. The Hall–Kier alpha value is -0.400. The first-order chi connectivity index (χ1) is 5.12. The molecule has 7 heteroatoms. The van der Waals surface area contributed by atoms with Gasteiger partial charge in [0.15, 0.2) is 0 Å². The molecule has 0 aliphatic carbocycles. The van der Waals surface area contributed by atoms with Gasteiger partial charge in [-0.1, -0.05) is 5.57 Å². The second-order valence-corrected chi connectivity index (χ2v) is 5.63. The maximum Gasteiger partial charge on any atom is 0.304 e. The summed E-state index contributed by atoms with van der Waals surface area (Å²) in [4.78, 5) is 0. The summed E-state index contributed by atoms with van der Waals surface area (Å²) >= 11 is 0. The second-order valence-electron chi connectivity index (χ2n) is 2.46. The molecule has 72 valence electrons. The van der Waals surface area contributed by atoms with Gasteiger partial charge < -0.3 is 0 Å². The van der Waals surface area contributed by atoms with Gasteiger partial charge in [0.1, 0.15) is 0 Å². The van der Waals surface area contributed by atoms with E-state index in [4.69, 9.17) is 0 Å². The van der Waals surface area contributed by atoms with Crippen LogP contribution in [0.2, 0.25) is 0 Å². The molecule has 0 heterocycles. The highest BCUT2D eigenvalue weighted by atomic mass is 32.3. The Morgan fingerprint density at radius 3 is 1.83 bits per heavy atom. The average Bonchev–Trinajstić information content (AvgIpc) is 1.48. The van der Waals surface area contributed by atoms with Crippen molar-refractivity contribution in [3.05, 3.63) is 11.0 Å². The smallest absolute Gasteiger partial charge is 0.199 e. The topological polar surface area (TPSA) is 77.5 Å². The minimum atomic E-state index is -4.09. The molecule has 0 spiro atoms. The lowest BCUT2D eigenvalue weighted by Gasteiger charge is -1.97. The van der Waals surface area contributed by atoms with Crippen LogP contribution in [0.5, 0.6) is 0 Å². The second kappa shape index (κ2) is 3.55. The monoisotopic (exact) mass is 214 g/mol. The van der Waals surface area contributed by atoms with Crippen molar-refractivity contribution in [3.8, 4) is 0 Å². The van der Waals surface area contributed by atoms with Crippen LogP contribution >= 0.6 is 0 Å².